The molecule has 0 aliphatic carbocycles. The second-order valence-corrected chi connectivity index (χ2v) is 6.50. The van der Waals surface area contributed by atoms with E-state index in [4.69, 9.17) is 4.42 Å². The summed E-state index contributed by atoms with van der Waals surface area (Å²) < 4.78 is 5.41. The van der Waals surface area contributed by atoms with Crippen LogP contribution in [0.15, 0.2) is 27.4 Å². The van der Waals surface area contributed by atoms with E-state index in [0.29, 0.717) is 12.1 Å². The first-order valence-corrected chi connectivity index (χ1v) is 8.42. The van der Waals surface area contributed by atoms with E-state index in [0.717, 1.165) is 47.5 Å². The molecule has 0 spiro atoms. The molecule has 21 heavy (non-hydrogen) atoms. The SMILES string of the molecule is CCc1cc(=O)oc2c(CN3CCSCC3)c(O)ccc12. The lowest BCUT2D eigenvalue weighted by Crippen LogP contribution is -2.32. The third-order valence-electron chi connectivity index (χ3n) is 3.94. The number of benzene rings is 1. The fourth-order valence-electron chi connectivity index (χ4n) is 2.77. The van der Waals surface area contributed by atoms with Crippen molar-refractivity contribution in [1.29, 1.82) is 0 Å². The summed E-state index contributed by atoms with van der Waals surface area (Å²) in [5.74, 6) is 2.42. The Morgan fingerprint density at radius 2 is 2.10 bits per heavy atom. The average molecular weight is 305 g/mol. The monoisotopic (exact) mass is 305 g/mol. The number of hydrogen-bond acceptors (Lipinski definition) is 5. The van der Waals surface area contributed by atoms with E-state index in [1.54, 1.807) is 12.1 Å². The number of nitrogens with zero attached hydrogens (tertiary/aromatic N) is 1. The van der Waals surface area contributed by atoms with Crippen molar-refractivity contribution < 1.29 is 9.52 Å². The van der Waals surface area contributed by atoms with E-state index in [9.17, 15) is 9.90 Å². The lowest BCUT2D eigenvalue weighted by atomic mass is 10.0. The van der Waals surface area contributed by atoms with Gasteiger partial charge >= 0.3 is 5.63 Å². The highest BCUT2D eigenvalue weighted by atomic mass is 32.2. The molecule has 0 radical (unpaired) electrons. The van der Waals surface area contributed by atoms with Gasteiger partial charge in [0.05, 0.1) is 5.56 Å². The normalized spacial score (nSPS) is 16.4. The second-order valence-electron chi connectivity index (χ2n) is 5.27. The van der Waals surface area contributed by atoms with Gasteiger partial charge in [-0.15, -0.1) is 0 Å². The van der Waals surface area contributed by atoms with Gasteiger partial charge in [-0.2, -0.15) is 11.8 Å². The summed E-state index contributed by atoms with van der Waals surface area (Å²) in [5, 5.41) is 11.1. The van der Waals surface area contributed by atoms with E-state index in [1.807, 2.05) is 24.8 Å². The van der Waals surface area contributed by atoms with Gasteiger partial charge in [0.2, 0.25) is 0 Å². The van der Waals surface area contributed by atoms with Crippen LogP contribution >= 0.6 is 11.8 Å². The van der Waals surface area contributed by atoms with Gasteiger partial charge in [-0.3, -0.25) is 4.90 Å². The zero-order chi connectivity index (χ0) is 14.8. The van der Waals surface area contributed by atoms with Gasteiger partial charge in [0.15, 0.2) is 0 Å². The van der Waals surface area contributed by atoms with Crippen molar-refractivity contribution in [1.82, 2.24) is 4.90 Å². The van der Waals surface area contributed by atoms with Crippen LogP contribution in [0.2, 0.25) is 0 Å². The Morgan fingerprint density at radius 1 is 1.33 bits per heavy atom. The van der Waals surface area contributed by atoms with Crippen molar-refractivity contribution in [3.05, 3.63) is 39.7 Å². The smallest absolute Gasteiger partial charge is 0.336 e. The maximum atomic E-state index is 11.8. The van der Waals surface area contributed by atoms with E-state index < -0.39 is 0 Å². The van der Waals surface area contributed by atoms with Gasteiger partial charge in [0.1, 0.15) is 11.3 Å². The first kappa shape index (κ1) is 14.5. The Bertz CT molecular complexity index is 704. The molecule has 0 bridgehead atoms. The molecule has 0 amide bonds. The first-order chi connectivity index (χ1) is 10.2. The zero-order valence-corrected chi connectivity index (χ0v) is 12.9. The van der Waals surface area contributed by atoms with E-state index in [2.05, 4.69) is 4.90 Å². The van der Waals surface area contributed by atoms with E-state index in [-0.39, 0.29) is 11.4 Å². The van der Waals surface area contributed by atoms with Gasteiger partial charge in [0, 0.05) is 42.6 Å². The highest BCUT2D eigenvalue weighted by molar-refractivity contribution is 7.99. The van der Waals surface area contributed by atoms with Crippen molar-refractivity contribution in [2.75, 3.05) is 24.6 Å². The Kier molecular flexibility index (Phi) is 4.22. The molecule has 0 unspecified atom stereocenters. The highest BCUT2D eigenvalue weighted by Crippen LogP contribution is 2.30. The molecule has 112 valence electrons. The summed E-state index contributed by atoms with van der Waals surface area (Å²) >= 11 is 1.95. The molecular formula is C16H19NO3S. The zero-order valence-electron chi connectivity index (χ0n) is 12.1. The van der Waals surface area contributed by atoms with Gasteiger partial charge < -0.3 is 9.52 Å². The molecule has 0 atom stereocenters. The average Bonchev–Trinajstić information content (AvgIpc) is 2.50. The van der Waals surface area contributed by atoms with Gasteiger partial charge in [-0.1, -0.05) is 6.92 Å². The fraction of sp³-hybridized carbons (Fsp3) is 0.438. The molecule has 2 aromatic rings. The van der Waals surface area contributed by atoms with Crippen LogP contribution in [0.5, 0.6) is 5.75 Å². The highest BCUT2D eigenvalue weighted by Gasteiger charge is 2.17. The van der Waals surface area contributed by atoms with Crippen molar-refractivity contribution in [3.8, 4) is 5.75 Å². The first-order valence-electron chi connectivity index (χ1n) is 7.26. The Labute approximate surface area is 127 Å². The minimum absolute atomic E-state index is 0.206. The van der Waals surface area contributed by atoms with Crippen LogP contribution in [-0.4, -0.2) is 34.6 Å². The minimum atomic E-state index is -0.347. The quantitative estimate of drug-likeness (QED) is 0.883. The van der Waals surface area contributed by atoms with Gasteiger partial charge in [-0.05, 0) is 24.1 Å². The predicted molar refractivity (Wildman–Crippen MR) is 86.1 cm³/mol. The second kappa shape index (κ2) is 6.12. The largest absolute Gasteiger partial charge is 0.507 e. The van der Waals surface area contributed by atoms with Crippen LogP contribution in [0.25, 0.3) is 11.0 Å². The summed E-state index contributed by atoms with van der Waals surface area (Å²) in [6.45, 7) is 4.64. The number of aryl methyl sites for hydroxylation is 1. The molecule has 1 aromatic heterocycles. The van der Waals surface area contributed by atoms with Crippen LogP contribution in [0.4, 0.5) is 0 Å². The van der Waals surface area contributed by atoms with Crippen LogP contribution in [-0.2, 0) is 13.0 Å². The summed E-state index contributed by atoms with van der Waals surface area (Å²) in [7, 11) is 0. The van der Waals surface area contributed by atoms with Crippen molar-refractivity contribution >= 4 is 22.7 Å². The molecule has 1 aromatic carbocycles. The topological polar surface area (TPSA) is 53.7 Å². The van der Waals surface area contributed by atoms with Crippen molar-refractivity contribution in [3.63, 3.8) is 0 Å². The number of phenolic OH excluding ortho intramolecular Hbond substituents is 1. The molecule has 1 fully saturated rings. The number of aromatic hydroxyl groups is 1. The third kappa shape index (κ3) is 2.94. The summed E-state index contributed by atoms with van der Waals surface area (Å²) in [5.41, 5.74) is 1.89. The molecule has 4 nitrogen and oxygen atoms in total. The van der Waals surface area contributed by atoms with Crippen LogP contribution < -0.4 is 5.63 Å². The molecule has 2 heterocycles. The molecule has 0 saturated carbocycles. The summed E-state index contributed by atoms with van der Waals surface area (Å²) in [4.78, 5) is 14.0. The van der Waals surface area contributed by atoms with Crippen LogP contribution in [0, 0.1) is 0 Å². The molecule has 5 heteroatoms. The summed E-state index contributed by atoms with van der Waals surface area (Å²) in [6, 6.07) is 5.08. The Morgan fingerprint density at radius 3 is 2.81 bits per heavy atom. The lowest BCUT2D eigenvalue weighted by Gasteiger charge is -2.26. The van der Waals surface area contributed by atoms with E-state index in [1.165, 1.54) is 0 Å². The number of phenols is 1. The molecule has 3 rings (SSSR count). The minimum Gasteiger partial charge on any atom is -0.507 e. The number of thioether (sulfide) groups is 1. The molecule has 1 aliphatic rings. The Hall–Kier alpha value is -1.46. The van der Waals surface area contributed by atoms with Crippen molar-refractivity contribution in [2.24, 2.45) is 0 Å². The standard InChI is InChI=1S/C16H19NO3S/c1-2-11-9-15(19)20-16-12(11)3-4-14(18)13(16)10-17-5-7-21-8-6-17/h3-4,9,18H,2,5-8,10H2,1H3. The molecule has 1 aliphatic heterocycles. The van der Waals surface area contributed by atoms with E-state index >= 15 is 0 Å². The number of fused-ring (bicyclic) bond motifs is 1. The maximum absolute atomic E-state index is 11.8. The molecule has 1 saturated heterocycles. The third-order valence-corrected chi connectivity index (χ3v) is 4.89. The molecule has 1 N–H and O–H groups in total. The number of hydrogen-bond donors (Lipinski definition) is 1. The number of rotatable bonds is 3. The van der Waals surface area contributed by atoms with Gasteiger partial charge in [-0.25, -0.2) is 4.79 Å². The van der Waals surface area contributed by atoms with Crippen LogP contribution in [0.3, 0.4) is 0 Å². The predicted octanol–water partition coefficient (Wildman–Crippen LogP) is 2.61. The lowest BCUT2D eigenvalue weighted by molar-refractivity contribution is 0.289. The fourth-order valence-corrected chi connectivity index (χ4v) is 3.74. The maximum Gasteiger partial charge on any atom is 0.336 e. The van der Waals surface area contributed by atoms with Crippen molar-refractivity contribution in [2.45, 2.75) is 19.9 Å². The van der Waals surface area contributed by atoms with Gasteiger partial charge in [0.25, 0.3) is 0 Å². The van der Waals surface area contributed by atoms with Crippen LogP contribution in [0.1, 0.15) is 18.1 Å². The summed E-state index contributed by atoms with van der Waals surface area (Å²) in [6.07, 6.45) is 0.771. The molecular weight excluding hydrogens is 286 g/mol. The Balaban J connectivity index is 2.09.